The third-order valence-corrected chi connectivity index (χ3v) is 7.84. The second kappa shape index (κ2) is 11.4. The molecule has 1 aromatic carbocycles. The molecule has 0 spiro atoms. The Morgan fingerprint density at radius 1 is 1.02 bits per heavy atom. The lowest BCUT2D eigenvalue weighted by Crippen LogP contribution is -2.50. The summed E-state index contributed by atoms with van der Waals surface area (Å²) in [5, 5.41) is 14.7. The lowest BCUT2D eigenvalue weighted by molar-refractivity contribution is 0.0240. The van der Waals surface area contributed by atoms with Crippen molar-refractivity contribution in [3.8, 4) is 5.82 Å². The first-order chi connectivity index (χ1) is 21.0. The van der Waals surface area contributed by atoms with E-state index in [9.17, 15) is 14.7 Å². The summed E-state index contributed by atoms with van der Waals surface area (Å²) >= 11 is 0. The Kier molecular flexibility index (Phi) is 7.62. The average Bonchev–Trinajstić information content (AvgIpc) is 3.26. The Morgan fingerprint density at radius 3 is 2.50 bits per heavy atom. The van der Waals surface area contributed by atoms with Crippen LogP contribution in [0.15, 0.2) is 65.6 Å². The number of hydrogen-bond donors (Lipinski definition) is 2. The molecule has 0 saturated carbocycles. The molecule has 1 amide bonds. The zero-order valence-corrected chi connectivity index (χ0v) is 25.5. The smallest absolute Gasteiger partial charge is 0.410 e. The summed E-state index contributed by atoms with van der Waals surface area (Å²) in [5.74, 6) is 0.830. The number of nitrogens with zero attached hydrogens (tertiary/aromatic N) is 7. The molecule has 12 heteroatoms. The molecule has 44 heavy (non-hydrogen) atoms. The Morgan fingerprint density at radius 2 is 1.77 bits per heavy atom. The molecule has 1 saturated heterocycles. The van der Waals surface area contributed by atoms with Gasteiger partial charge in [-0.3, -0.25) is 4.79 Å². The maximum Gasteiger partial charge on any atom is 0.410 e. The molecular weight excluding hydrogens is 560 g/mol. The van der Waals surface area contributed by atoms with Crippen molar-refractivity contribution in [1.82, 2.24) is 29.2 Å². The number of carbonyl (C=O) groups is 1. The molecular formula is C32H38N8O4. The number of allylic oxidation sites excluding steroid dienone is 2. The number of benzene rings is 1. The van der Waals surface area contributed by atoms with Crippen molar-refractivity contribution in [3.05, 3.63) is 76.9 Å². The zero-order chi connectivity index (χ0) is 31.1. The Labute approximate surface area is 255 Å². The largest absolute Gasteiger partial charge is 0.444 e. The van der Waals surface area contributed by atoms with Gasteiger partial charge < -0.3 is 25.0 Å². The van der Waals surface area contributed by atoms with Crippen LogP contribution in [0.5, 0.6) is 0 Å². The highest BCUT2D eigenvalue weighted by Crippen LogP contribution is 2.27. The number of rotatable bonds is 3. The first-order valence-corrected chi connectivity index (χ1v) is 14.9. The minimum Gasteiger partial charge on any atom is -0.444 e. The monoisotopic (exact) mass is 598 g/mol. The first kappa shape index (κ1) is 29.4. The zero-order valence-electron chi connectivity index (χ0n) is 25.5. The fraction of sp³-hybridized carbons (Fsp3) is 0.406. The number of fused-ring (bicyclic) bond motifs is 6. The molecule has 2 aliphatic heterocycles. The fourth-order valence-corrected chi connectivity index (χ4v) is 5.47. The van der Waals surface area contributed by atoms with E-state index in [1.807, 2.05) is 63.3 Å². The van der Waals surface area contributed by atoms with Gasteiger partial charge in [-0.15, -0.1) is 0 Å². The number of amides is 1. The number of carbonyl (C=O) groups excluding carboxylic acids is 1. The SMILES string of the molecule is CC(C)(C)OC(=O)N1CCN(c2ccc(Nc3ncc4c(=O)n5n(c4n3)-c3cccc(n3)C(C)(O)CC/C=C\C5)cc2)CC1. The Bertz CT molecular complexity index is 1760. The lowest BCUT2D eigenvalue weighted by Gasteiger charge is -2.36. The van der Waals surface area contributed by atoms with Gasteiger partial charge in [-0.1, -0.05) is 18.2 Å². The topological polar surface area (TPSA) is 131 Å². The van der Waals surface area contributed by atoms with Gasteiger partial charge in [0.15, 0.2) is 11.5 Å². The van der Waals surface area contributed by atoms with Crippen LogP contribution in [0.2, 0.25) is 0 Å². The van der Waals surface area contributed by atoms with E-state index in [2.05, 4.69) is 15.2 Å². The van der Waals surface area contributed by atoms with E-state index in [4.69, 9.17) is 14.7 Å². The van der Waals surface area contributed by atoms with Crippen LogP contribution in [-0.2, 0) is 16.9 Å². The maximum absolute atomic E-state index is 13.4. The fourth-order valence-electron chi connectivity index (χ4n) is 5.47. The number of piperazine rings is 1. The normalized spacial score (nSPS) is 19.7. The van der Waals surface area contributed by atoms with Crippen molar-refractivity contribution in [2.75, 3.05) is 36.4 Å². The number of pyridine rings is 1. The number of anilines is 3. The molecule has 1 atom stereocenters. The van der Waals surface area contributed by atoms with Gasteiger partial charge in [0, 0.05) is 43.8 Å². The third-order valence-electron chi connectivity index (χ3n) is 7.84. The molecule has 230 valence electrons. The van der Waals surface area contributed by atoms with Gasteiger partial charge in [0.25, 0.3) is 5.56 Å². The highest BCUT2D eigenvalue weighted by atomic mass is 16.6. The van der Waals surface area contributed by atoms with Crippen LogP contribution in [0.1, 0.15) is 46.2 Å². The predicted octanol–water partition coefficient (Wildman–Crippen LogP) is 4.34. The third kappa shape index (κ3) is 6.02. The Balaban J connectivity index is 1.23. The van der Waals surface area contributed by atoms with Gasteiger partial charge in [0.05, 0.1) is 12.2 Å². The van der Waals surface area contributed by atoms with E-state index < -0.39 is 11.2 Å². The molecule has 12 nitrogen and oxygen atoms in total. The van der Waals surface area contributed by atoms with Crippen molar-refractivity contribution in [1.29, 1.82) is 0 Å². The van der Waals surface area contributed by atoms with Gasteiger partial charge in [-0.25, -0.2) is 24.1 Å². The summed E-state index contributed by atoms with van der Waals surface area (Å²) in [7, 11) is 0. The molecule has 0 radical (unpaired) electrons. The summed E-state index contributed by atoms with van der Waals surface area (Å²) in [4.78, 5) is 43.7. The number of aromatic nitrogens is 5. The first-order valence-electron chi connectivity index (χ1n) is 14.9. The van der Waals surface area contributed by atoms with Gasteiger partial charge >= 0.3 is 6.09 Å². The Hall–Kier alpha value is -4.71. The van der Waals surface area contributed by atoms with Crippen molar-refractivity contribution in [2.24, 2.45) is 0 Å². The maximum atomic E-state index is 13.4. The van der Waals surface area contributed by atoms with Crippen molar-refractivity contribution in [2.45, 2.75) is 58.3 Å². The van der Waals surface area contributed by atoms with Crippen molar-refractivity contribution >= 4 is 34.4 Å². The molecule has 2 bridgehead atoms. The molecule has 2 N–H and O–H groups in total. The quantitative estimate of drug-likeness (QED) is 0.331. The highest BCUT2D eigenvalue weighted by Gasteiger charge is 2.27. The molecule has 0 aliphatic carbocycles. The summed E-state index contributed by atoms with van der Waals surface area (Å²) in [6.07, 6.45) is 6.32. The van der Waals surface area contributed by atoms with E-state index in [1.54, 1.807) is 33.3 Å². The predicted molar refractivity (Wildman–Crippen MR) is 169 cm³/mol. The van der Waals surface area contributed by atoms with Gasteiger partial charge in [-0.2, -0.15) is 4.98 Å². The van der Waals surface area contributed by atoms with E-state index in [1.165, 1.54) is 6.20 Å². The molecule has 1 fully saturated rings. The van der Waals surface area contributed by atoms with Crippen LogP contribution in [-0.4, -0.2) is 72.2 Å². The number of hydrogen-bond acceptors (Lipinski definition) is 9. The molecule has 1 unspecified atom stereocenters. The van der Waals surface area contributed by atoms with Crippen LogP contribution >= 0.6 is 0 Å². The lowest BCUT2D eigenvalue weighted by atomic mass is 9.95. The number of ether oxygens (including phenoxy) is 1. The summed E-state index contributed by atoms with van der Waals surface area (Å²) < 4.78 is 8.79. The van der Waals surface area contributed by atoms with Crippen LogP contribution < -0.4 is 15.8 Å². The molecule has 2 aliphatic rings. The van der Waals surface area contributed by atoms with Gasteiger partial charge in [-0.05, 0) is 76.9 Å². The summed E-state index contributed by atoms with van der Waals surface area (Å²) in [6.45, 7) is 10.3. The second-order valence-electron chi connectivity index (χ2n) is 12.4. The van der Waals surface area contributed by atoms with E-state index in [0.29, 0.717) is 74.1 Å². The van der Waals surface area contributed by atoms with E-state index in [-0.39, 0.29) is 11.7 Å². The molecule has 5 heterocycles. The van der Waals surface area contributed by atoms with E-state index >= 15 is 0 Å². The van der Waals surface area contributed by atoms with Crippen molar-refractivity contribution in [3.63, 3.8) is 0 Å². The standard InChI is InChI=1S/C32H38N8O4/c1-31(2,3)44-30(42)38-19-17-37(18-20-38)23-13-11-22(12-14-23)34-29-33-21-24-27(36-29)40-26-10-8-9-25(35-26)32(4,43)15-6-5-7-16-39(40)28(24)41/h5,7-14,21,43H,6,15-20H2,1-4H3,(H,33,34,36)/b7-5-. The molecule has 6 rings (SSSR count). The minimum absolute atomic E-state index is 0.217. The molecule has 3 aromatic heterocycles. The summed E-state index contributed by atoms with van der Waals surface area (Å²) in [5.41, 5.74) is 0.950. The number of aliphatic hydroxyl groups is 1. The summed E-state index contributed by atoms with van der Waals surface area (Å²) in [6, 6.07) is 13.4. The van der Waals surface area contributed by atoms with Crippen LogP contribution in [0.4, 0.5) is 22.1 Å². The van der Waals surface area contributed by atoms with Gasteiger partial charge in [0.1, 0.15) is 16.6 Å². The van der Waals surface area contributed by atoms with Gasteiger partial charge in [0.2, 0.25) is 5.95 Å². The number of nitrogens with one attached hydrogen (secondary N) is 1. The van der Waals surface area contributed by atoms with E-state index in [0.717, 1.165) is 11.4 Å². The second-order valence-corrected chi connectivity index (χ2v) is 12.4. The minimum atomic E-state index is -1.11. The highest BCUT2D eigenvalue weighted by molar-refractivity contribution is 5.77. The van der Waals surface area contributed by atoms with Crippen LogP contribution in [0.3, 0.4) is 0 Å². The average molecular weight is 599 g/mol. The van der Waals surface area contributed by atoms with Crippen LogP contribution in [0, 0.1) is 0 Å². The molecule has 4 aromatic rings. The van der Waals surface area contributed by atoms with Crippen LogP contribution in [0.25, 0.3) is 16.9 Å². The van der Waals surface area contributed by atoms with Crippen molar-refractivity contribution < 1.29 is 14.6 Å².